The number of carbonyl (C=O) groups is 3. The first kappa shape index (κ1) is 19.2. The molecule has 1 saturated heterocycles. The first-order chi connectivity index (χ1) is 12.1. The van der Waals surface area contributed by atoms with Crippen LogP contribution in [-0.4, -0.2) is 58.3 Å². The molecule has 15 heteroatoms. The Bertz CT molecular complexity index is 843. The van der Waals surface area contributed by atoms with Crippen LogP contribution in [0.4, 0.5) is 44.3 Å². The predicted molar refractivity (Wildman–Crippen MR) is 64.1 cm³/mol. The molecule has 0 aliphatic carbocycles. The molecule has 1 fully saturated rings. The number of nitrogens with zero attached hydrogens (tertiary/aromatic N) is 2. The van der Waals surface area contributed by atoms with Gasteiger partial charge in [0.25, 0.3) is 11.7 Å². The van der Waals surface area contributed by atoms with E-state index in [1.54, 1.807) is 5.32 Å². The number of halogens is 9. The van der Waals surface area contributed by atoms with E-state index in [2.05, 4.69) is 4.99 Å². The van der Waals surface area contributed by atoms with Crippen LogP contribution in [0.15, 0.2) is 16.4 Å². The highest BCUT2D eigenvalue weighted by Crippen LogP contribution is 2.54. The molecule has 2 bridgehead atoms. The molecule has 3 aliphatic rings. The number of imide groups is 1. The molecule has 0 saturated carbocycles. The Morgan fingerprint density at radius 1 is 1.00 bits per heavy atom. The number of nitrogens with one attached hydrogen (secondary N) is 1. The Kier molecular flexibility index (Phi) is 3.55. The predicted octanol–water partition coefficient (Wildman–Crippen LogP) is 2.01. The number of alkyl halides is 9. The van der Waals surface area contributed by atoms with Crippen molar-refractivity contribution in [2.75, 3.05) is 0 Å². The van der Waals surface area contributed by atoms with E-state index in [0.717, 1.165) is 0 Å². The van der Waals surface area contributed by atoms with E-state index in [1.807, 2.05) is 0 Å². The van der Waals surface area contributed by atoms with E-state index in [9.17, 15) is 53.9 Å². The minimum atomic E-state index is -7.23. The van der Waals surface area contributed by atoms with E-state index in [-0.39, 0.29) is 0 Å². The largest absolute Gasteiger partial charge is 0.460 e. The third-order valence-corrected chi connectivity index (χ3v) is 4.10. The van der Waals surface area contributed by atoms with Crippen LogP contribution in [0.2, 0.25) is 0 Å². The second-order valence-corrected chi connectivity index (χ2v) is 5.69. The summed E-state index contributed by atoms with van der Waals surface area (Å²) < 4.78 is 116. The maximum atomic E-state index is 13.8. The van der Waals surface area contributed by atoms with Gasteiger partial charge in [-0.05, 0) is 0 Å². The van der Waals surface area contributed by atoms with Crippen molar-refractivity contribution >= 4 is 23.4 Å². The summed E-state index contributed by atoms with van der Waals surface area (Å²) in [7, 11) is 0. The lowest BCUT2D eigenvalue weighted by Crippen LogP contribution is -2.65. The average Bonchev–Trinajstić information content (AvgIpc) is 3.17. The lowest BCUT2D eigenvalue weighted by Gasteiger charge is -2.33. The first-order valence-electron chi connectivity index (χ1n) is 6.77. The fourth-order valence-electron chi connectivity index (χ4n) is 2.78. The Morgan fingerprint density at radius 3 is 2.07 bits per heavy atom. The van der Waals surface area contributed by atoms with Gasteiger partial charge in [0, 0.05) is 6.42 Å². The average molecular weight is 409 g/mol. The number of urea groups is 1. The molecule has 0 aromatic carbocycles. The quantitative estimate of drug-likeness (QED) is 0.570. The fraction of sp³-hybridized carbons (Fsp3) is 0.500. The van der Waals surface area contributed by atoms with E-state index in [0.29, 0.717) is 4.90 Å². The molecule has 1 N–H and O–H groups in total. The fourth-order valence-corrected chi connectivity index (χ4v) is 2.78. The molecule has 3 aliphatic heterocycles. The van der Waals surface area contributed by atoms with Gasteiger partial charge in [0.1, 0.15) is 11.4 Å². The monoisotopic (exact) mass is 409 g/mol. The normalized spacial score (nSPS) is 23.1. The SMILES string of the molecule is O=C1NC(=O)N2C1=C1CC2C(C(=O)C(F)(F)C(F)(F)C(F)(F)C(F)(F)F)=N1. The van der Waals surface area contributed by atoms with E-state index in [1.165, 1.54) is 0 Å². The molecule has 27 heavy (non-hydrogen) atoms. The molecular formula is C12H4F9N3O3. The first-order valence-corrected chi connectivity index (χ1v) is 6.77. The summed E-state index contributed by atoms with van der Waals surface area (Å²) in [5.74, 6) is -25.0. The highest BCUT2D eigenvalue weighted by Gasteiger charge is 2.84. The van der Waals surface area contributed by atoms with Gasteiger partial charge in [-0.1, -0.05) is 0 Å². The van der Waals surface area contributed by atoms with Gasteiger partial charge < -0.3 is 0 Å². The Labute approximate surface area is 141 Å². The molecule has 1 unspecified atom stereocenters. The second-order valence-electron chi connectivity index (χ2n) is 5.69. The van der Waals surface area contributed by atoms with Crippen LogP contribution in [0.1, 0.15) is 6.42 Å². The Balaban J connectivity index is 2.00. The van der Waals surface area contributed by atoms with Crippen molar-refractivity contribution in [1.29, 1.82) is 0 Å². The number of hydrogen-bond acceptors (Lipinski definition) is 4. The number of ketones is 1. The maximum absolute atomic E-state index is 13.8. The molecule has 3 rings (SSSR count). The van der Waals surface area contributed by atoms with Crippen molar-refractivity contribution in [3.05, 3.63) is 11.4 Å². The minimum absolute atomic E-state index is 0.425. The lowest BCUT2D eigenvalue weighted by molar-refractivity contribution is -0.387. The molecule has 6 nitrogen and oxygen atoms in total. The summed E-state index contributed by atoms with van der Waals surface area (Å²) in [4.78, 5) is 38.3. The van der Waals surface area contributed by atoms with Crippen LogP contribution in [0.3, 0.4) is 0 Å². The Morgan fingerprint density at radius 2 is 1.56 bits per heavy atom. The zero-order valence-electron chi connectivity index (χ0n) is 12.3. The standard InChI is InChI=1S/C12H4F9N3O3/c13-9(14,10(15,16)11(17,18)12(19,20)21)6(25)4-3-1-2(22-4)5-7(26)23-8(27)24(3)5/h3H,1H2,(H,23,26,27). The van der Waals surface area contributed by atoms with Crippen molar-refractivity contribution < 1.29 is 53.9 Å². The number of Topliss-reactive ketones (excluding diaryl/α,β-unsaturated/α-hetero) is 1. The third-order valence-electron chi connectivity index (χ3n) is 4.10. The van der Waals surface area contributed by atoms with Crippen LogP contribution < -0.4 is 5.32 Å². The van der Waals surface area contributed by atoms with Crippen LogP contribution in [0.5, 0.6) is 0 Å². The van der Waals surface area contributed by atoms with Gasteiger partial charge in [-0.25, -0.2) is 9.79 Å². The molecular weight excluding hydrogens is 405 g/mol. The van der Waals surface area contributed by atoms with E-state index in [4.69, 9.17) is 0 Å². The number of rotatable bonds is 4. The van der Waals surface area contributed by atoms with Gasteiger partial charge in [0.15, 0.2) is 0 Å². The van der Waals surface area contributed by atoms with Crippen LogP contribution >= 0.6 is 0 Å². The summed E-state index contributed by atoms with van der Waals surface area (Å²) in [6.45, 7) is 0. The van der Waals surface area contributed by atoms with Gasteiger partial charge in [-0.3, -0.25) is 19.8 Å². The third kappa shape index (κ3) is 2.16. The minimum Gasteiger partial charge on any atom is -0.286 e. The smallest absolute Gasteiger partial charge is 0.286 e. The zero-order valence-corrected chi connectivity index (χ0v) is 12.3. The summed E-state index contributed by atoms with van der Waals surface area (Å²) in [5.41, 5.74) is -2.41. The summed E-state index contributed by atoms with van der Waals surface area (Å²) >= 11 is 0. The summed E-state index contributed by atoms with van der Waals surface area (Å²) in [6, 6.07) is -3.01. The molecule has 0 radical (unpaired) electrons. The van der Waals surface area contributed by atoms with Gasteiger partial charge in [0.2, 0.25) is 0 Å². The van der Waals surface area contributed by atoms with E-state index >= 15 is 0 Å². The van der Waals surface area contributed by atoms with E-state index < -0.39 is 71.2 Å². The lowest BCUT2D eigenvalue weighted by atomic mass is 9.94. The molecule has 3 amide bonds. The zero-order chi connectivity index (χ0) is 20.7. The topological polar surface area (TPSA) is 78.8 Å². The van der Waals surface area contributed by atoms with Crippen LogP contribution in [0, 0.1) is 0 Å². The number of amides is 3. The summed E-state index contributed by atoms with van der Waals surface area (Å²) in [5, 5.41) is 1.69. The number of aliphatic imine (C=N–C) groups is 1. The second kappa shape index (κ2) is 5.01. The molecule has 0 aromatic rings. The highest BCUT2D eigenvalue weighted by molar-refractivity contribution is 6.46. The number of fused-ring (bicyclic) bond motifs is 4. The van der Waals surface area contributed by atoms with Crippen molar-refractivity contribution in [2.45, 2.75) is 36.4 Å². The summed E-state index contributed by atoms with van der Waals surface area (Å²) in [6.07, 6.45) is -7.61. The Hall–Kier alpha value is -2.61. The molecule has 0 aromatic heterocycles. The van der Waals surface area contributed by atoms with Gasteiger partial charge >= 0.3 is 30.0 Å². The highest BCUT2D eigenvalue weighted by atomic mass is 19.4. The maximum Gasteiger partial charge on any atom is 0.460 e. The van der Waals surface area contributed by atoms with Gasteiger partial charge in [0.05, 0.1) is 11.7 Å². The van der Waals surface area contributed by atoms with Crippen LogP contribution in [-0.2, 0) is 9.59 Å². The van der Waals surface area contributed by atoms with Crippen molar-refractivity contribution in [3.63, 3.8) is 0 Å². The molecule has 0 spiro atoms. The van der Waals surface area contributed by atoms with Crippen LogP contribution in [0.25, 0.3) is 0 Å². The van der Waals surface area contributed by atoms with Crippen molar-refractivity contribution in [2.24, 2.45) is 4.99 Å². The molecule has 1 atom stereocenters. The number of hydrogen-bond donors (Lipinski definition) is 1. The molecule has 148 valence electrons. The number of carbonyl (C=O) groups excluding carboxylic acids is 3. The van der Waals surface area contributed by atoms with Crippen molar-refractivity contribution in [3.8, 4) is 0 Å². The van der Waals surface area contributed by atoms with Gasteiger partial charge in [-0.2, -0.15) is 39.5 Å². The van der Waals surface area contributed by atoms with Gasteiger partial charge in [-0.15, -0.1) is 0 Å². The molecule has 3 heterocycles. The van der Waals surface area contributed by atoms with Crippen molar-refractivity contribution in [1.82, 2.24) is 10.2 Å².